The van der Waals surface area contributed by atoms with Crippen molar-refractivity contribution in [2.45, 2.75) is 64.9 Å². The minimum absolute atomic E-state index is 0.0385. The first-order valence-electron chi connectivity index (χ1n) is 15.5. The minimum atomic E-state index is -1.56. The van der Waals surface area contributed by atoms with Gasteiger partial charge < -0.3 is 34.4 Å². The van der Waals surface area contributed by atoms with Gasteiger partial charge in [-0.15, -0.1) is 0 Å². The van der Waals surface area contributed by atoms with Crippen LogP contribution in [-0.2, 0) is 27.3 Å². The van der Waals surface area contributed by atoms with Crippen molar-refractivity contribution in [3.8, 4) is 5.75 Å². The number of esters is 1. The Kier molecular flexibility index (Phi) is 10.2. The summed E-state index contributed by atoms with van der Waals surface area (Å²) in [4.78, 5) is 42.5. The maximum atomic E-state index is 13.3. The number of rotatable bonds is 9. The predicted octanol–water partition coefficient (Wildman–Crippen LogP) is 5.54. The van der Waals surface area contributed by atoms with Gasteiger partial charge in [-0.2, -0.15) is 0 Å². The van der Waals surface area contributed by atoms with Crippen molar-refractivity contribution in [2.75, 3.05) is 31.6 Å². The number of carbonyl (C=O) groups excluding carboxylic acids is 3. The van der Waals surface area contributed by atoms with Crippen molar-refractivity contribution in [3.63, 3.8) is 0 Å². The van der Waals surface area contributed by atoms with Crippen molar-refractivity contribution in [1.29, 1.82) is 0 Å². The average molecular weight is 616 g/mol. The lowest BCUT2D eigenvalue weighted by atomic mass is 9.98. The van der Waals surface area contributed by atoms with Crippen molar-refractivity contribution in [2.24, 2.45) is 0 Å². The molecule has 10 heteroatoms. The highest BCUT2D eigenvalue weighted by Crippen LogP contribution is 2.31. The summed E-state index contributed by atoms with van der Waals surface area (Å²) in [6.07, 6.45) is -1.85. The number of aryl methyl sites for hydroxylation is 2. The highest BCUT2D eigenvalue weighted by atomic mass is 16.6. The molecule has 2 heterocycles. The quantitative estimate of drug-likeness (QED) is 0.304. The lowest BCUT2D eigenvalue weighted by Crippen LogP contribution is -2.51. The summed E-state index contributed by atoms with van der Waals surface area (Å²) in [5.41, 5.74) is 4.91. The Labute approximate surface area is 263 Å². The van der Waals surface area contributed by atoms with Crippen LogP contribution in [0, 0.1) is 13.8 Å². The van der Waals surface area contributed by atoms with Crippen molar-refractivity contribution < 1.29 is 33.7 Å². The van der Waals surface area contributed by atoms with E-state index in [0.717, 1.165) is 34.4 Å². The smallest absolute Gasteiger partial charge is 0.410 e. The zero-order chi connectivity index (χ0) is 31.9. The van der Waals surface area contributed by atoms with Gasteiger partial charge in [-0.1, -0.05) is 48.5 Å². The first kappa shape index (κ1) is 31.8. The van der Waals surface area contributed by atoms with E-state index in [9.17, 15) is 19.5 Å². The van der Waals surface area contributed by atoms with Gasteiger partial charge in [-0.25, -0.2) is 14.4 Å². The first-order chi connectivity index (χ1) is 21.7. The number of carbonyl (C=O) groups is 3. The second-order valence-electron chi connectivity index (χ2n) is 11.5. The number of anilines is 1. The average Bonchev–Trinajstić information content (AvgIpc) is 3.21. The number of para-hydroxylation sites is 1. The second-order valence-corrected chi connectivity index (χ2v) is 11.5. The summed E-state index contributed by atoms with van der Waals surface area (Å²) in [7, 11) is 0. The number of fused-ring (bicyclic) bond motifs is 1. The molecule has 0 radical (unpaired) electrons. The monoisotopic (exact) mass is 615 g/mol. The zero-order valence-electron chi connectivity index (χ0n) is 26.0. The molecule has 0 saturated carbocycles. The molecule has 2 aliphatic rings. The molecule has 3 aromatic rings. The Morgan fingerprint density at radius 3 is 2.33 bits per heavy atom. The van der Waals surface area contributed by atoms with Crippen LogP contribution >= 0.6 is 0 Å². The van der Waals surface area contributed by atoms with Gasteiger partial charge in [0, 0.05) is 31.4 Å². The van der Waals surface area contributed by atoms with E-state index in [1.54, 1.807) is 19.1 Å². The summed E-state index contributed by atoms with van der Waals surface area (Å²) in [6, 6.07) is 20.9. The Balaban J connectivity index is 1.22. The lowest BCUT2D eigenvalue weighted by molar-refractivity contribution is -0.160. The number of aliphatic hydroxyl groups is 1. The number of hydrogen-bond acceptors (Lipinski definition) is 7. The van der Waals surface area contributed by atoms with E-state index >= 15 is 0 Å². The van der Waals surface area contributed by atoms with E-state index in [1.807, 2.05) is 73.3 Å². The fraction of sp³-hybridized carbons (Fsp3) is 0.400. The third-order valence-corrected chi connectivity index (χ3v) is 8.39. The van der Waals surface area contributed by atoms with Crippen molar-refractivity contribution in [3.05, 3.63) is 94.5 Å². The van der Waals surface area contributed by atoms with E-state index < -0.39 is 24.3 Å². The van der Waals surface area contributed by atoms with E-state index in [-0.39, 0.29) is 18.7 Å². The van der Waals surface area contributed by atoms with Crippen LogP contribution < -0.4 is 10.1 Å². The molecule has 2 atom stereocenters. The molecule has 0 aromatic heterocycles. The Morgan fingerprint density at radius 2 is 1.64 bits per heavy atom. The number of nitrogens with zero attached hydrogens (tertiary/aromatic N) is 2. The lowest BCUT2D eigenvalue weighted by Gasteiger charge is -2.38. The molecule has 2 N–H and O–H groups in total. The number of ether oxygens (including phenoxy) is 3. The SMILES string of the molecule is CCOC(=O)C(OC(=O)N1CCC(N2CCc3ccccc3NC2=O)CC1)C(O)c1cc(C)c(OCc2ccccc2)c(C)c1. The molecule has 0 bridgehead atoms. The number of aliphatic hydroxyl groups excluding tert-OH is 1. The molecule has 1 saturated heterocycles. The van der Waals surface area contributed by atoms with Gasteiger partial charge in [-0.3, -0.25) is 0 Å². The van der Waals surface area contributed by atoms with Crippen LogP contribution in [0.25, 0.3) is 0 Å². The molecule has 0 aliphatic carbocycles. The molecule has 2 aliphatic heterocycles. The Bertz CT molecular complexity index is 1480. The third kappa shape index (κ3) is 7.57. The molecular formula is C35H41N3O7. The number of nitrogens with one attached hydrogen (secondary N) is 1. The van der Waals surface area contributed by atoms with Crippen LogP contribution in [0.4, 0.5) is 15.3 Å². The maximum absolute atomic E-state index is 13.3. The van der Waals surface area contributed by atoms with Crippen LogP contribution in [0.1, 0.15) is 53.7 Å². The second kappa shape index (κ2) is 14.5. The summed E-state index contributed by atoms with van der Waals surface area (Å²) in [6.45, 7) is 7.11. The van der Waals surface area contributed by atoms with Crippen LogP contribution in [0.5, 0.6) is 5.75 Å². The molecule has 2 unspecified atom stereocenters. The fourth-order valence-corrected chi connectivity index (χ4v) is 6.03. The standard InChI is InChI=1S/C35H41N3O7/c1-4-43-33(40)32(30(39)27-20-23(2)31(24(3)21-27)44-22-25-10-6-5-7-11-25)45-35(42)37-17-15-28(16-18-37)38-19-14-26-12-8-9-13-29(26)36-34(38)41/h5-13,20-21,28,30,32,39H,4,14-19,22H2,1-3H3,(H,36,41). The van der Waals surface area contributed by atoms with Gasteiger partial charge in [0.25, 0.3) is 0 Å². The highest BCUT2D eigenvalue weighted by Gasteiger charge is 2.37. The van der Waals surface area contributed by atoms with Gasteiger partial charge in [0.1, 0.15) is 18.5 Å². The minimum Gasteiger partial charge on any atom is -0.488 e. The predicted molar refractivity (Wildman–Crippen MR) is 169 cm³/mol. The van der Waals surface area contributed by atoms with Gasteiger partial charge in [-0.05, 0) is 86.1 Å². The number of hydrogen-bond donors (Lipinski definition) is 2. The highest BCUT2D eigenvalue weighted by molar-refractivity contribution is 5.91. The van der Waals surface area contributed by atoms with Gasteiger partial charge in [0.15, 0.2) is 0 Å². The fourth-order valence-electron chi connectivity index (χ4n) is 6.03. The Morgan fingerprint density at radius 1 is 0.978 bits per heavy atom. The molecule has 10 nitrogen and oxygen atoms in total. The van der Waals surface area contributed by atoms with Crippen molar-refractivity contribution >= 4 is 23.8 Å². The molecule has 3 amide bonds. The summed E-state index contributed by atoms with van der Waals surface area (Å²) < 4.78 is 16.9. The number of piperidine rings is 1. The number of likely N-dealkylation sites (tertiary alicyclic amines) is 1. The van der Waals surface area contributed by atoms with Crippen LogP contribution in [0.15, 0.2) is 66.7 Å². The van der Waals surface area contributed by atoms with E-state index in [4.69, 9.17) is 14.2 Å². The van der Waals surface area contributed by atoms with E-state index in [0.29, 0.717) is 50.4 Å². The third-order valence-electron chi connectivity index (χ3n) is 8.39. The van der Waals surface area contributed by atoms with Crippen LogP contribution in [-0.4, -0.2) is 71.4 Å². The molecule has 0 spiro atoms. The normalized spacial score (nSPS) is 16.6. The van der Waals surface area contributed by atoms with Gasteiger partial charge >= 0.3 is 18.1 Å². The first-order valence-corrected chi connectivity index (χ1v) is 15.5. The molecular weight excluding hydrogens is 574 g/mol. The number of amides is 3. The van der Waals surface area contributed by atoms with Gasteiger partial charge in [0.2, 0.25) is 6.10 Å². The number of benzene rings is 3. The topological polar surface area (TPSA) is 118 Å². The van der Waals surface area contributed by atoms with Crippen molar-refractivity contribution in [1.82, 2.24) is 9.80 Å². The molecule has 45 heavy (non-hydrogen) atoms. The number of urea groups is 1. The maximum Gasteiger partial charge on any atom is 0.410 e. The molecule has 5 rings (SSSR count). The molecule has 238 valence electrons. The zero-order valence-corrected chi connectivity index (χ0v) is 26.0. The van der Waals surface area contributed by atoms with E-state index in [1.165, 1.54) is 4.90 Å². The Hall–Kier alpha value is -4.57. The molecule has 1 fully saturated rings. The van der Waals surface area contributed by atoms with Crippen LogP contribution in [0.2, 0.25) is 0 Å². The summed E-state index contributed by atoms with van der Waals surface area (Å²) >= 11 is 0. The van der Waals surface area contributed by atoms with Crippen LogP contribution in [0.3, 0.4) is 0 Å². The summed E-state index contributed by atoms with van der Waals surface area (Å²) in [5.74, 6) is -0.141. The van der Waals surface area contributed by atoms with Gasteiger partial charge in [0.05, 0.1) is 6.61 Å². The largest absolute Gasteiger partial charge is 0.488 e. The summed E-state index contributed by atoms with van der Waals surface area (Å²) in [5, 5.41) is 14.3. The molecule has 3 aromatic carbocycles. The van der Waals surface area contributed by atoms with E-state index in [2.05, 4.69) is 5.32 Å².